The van der Waals surface area contributed by atoms with Crippen LogP contribution in [0.1, 0.15) is 6.92 Å². The van der Waals surface area contributed by atoms with E-state index in [1.54, 1.807) is 0 Å². The Morgan fingerprint density at radius 3 is 2.50 bits per heavy atom. The van der Waals surface area contributed by atoms with Crippen LogP contribution in [0.5, 0.6) is 0 Å². The van der Waals surface area contributed by atoms with Crippen LogP contribution in [0.25, 0.3) is 0 Å². The minimum absolute atomic E-state index is 0.0102. The number of carbonyl (C=O) groups is 1. The molecular formula is C10H15N5O3. The lowest BCUT2D eigenvalue weighted by atomic mass is 10.3. The molecule has 8 heteroatoms. The number of nitrogens with one attached hydrogen (secondary N) is 3. The molecule has 0 spiro atoms. The highest BCUT2D eigenvalue weighted by Gasteiger charge is 2.11. The summed E-state index contributed by atoms with van der Waals surface area (Å²) in [6.07, 6.45) is 0. The van der Waals surface area contributed by atoms with E-state index in [-0.39, 0.29) is 24.0 Å². The van der Waals surface area contributed by atoms with Crippen LogP contribution < -0.4 is 16.0 Å². The molecule has 0 fully saturated rings. The molecule has 0 aromatic carbocycles. The highest BCUT2D eigenvalue weighted by Crippen LogP contribution is 2.20. The zero-order valence-electron chi connectivity index (χ0n) is 10.2. The van der Waals surface area contributed by atoms with Crippen molar-refractivity contribution in [2.24, 2.45) is 0 Å². The summed E-state index contributed by atoms with van der Waals surface area (Å²) in [6.45, 7) is 2.47. The predicted octanol–water partition coefficient (Wildman–Crippen LogP) is 0.579. The second kappa shape index (κ2) is 6.38. The maximum Gasteiger partial charge on any atom is 0.276 e. The van der Waals surface area contributed by atoms with Crippen LogP contribution in [0.3, 0.4) is 0 Å². The van der Waals surface area contributed by atoms with Crippen molar-refractivity contribution in [2.75, 3.05) is 30.8 Å². The average molecular weight is 253 g/mol. The molecule has 0 aliphatic carbocycles. The molecular weight excluding hydrogens is 238 g/mol. The topological polar surface area (TPSA) is 109 Å². The molecule has 1 rings (SSSR count). The fraction of sp³-hybridized carbons (Fsp3) is 0.400. The zero-order chi connectivity index (χ0) is 13.5. The highest BCUT2D eigenvalue weighted by atomic mass is 16.6. The number of rotatable bonds is 6. The van der Waals surface area contributed by atoms with Gasteiger partial charge in [-0.2, -0.15) is 0 Å². The molecule has 0 saturated carbocycles. The lowest BCUT2D eigenvalue weighted by Gasteiger charge is -2.07. The number of nitrogens with zero attached hydrogens (tertiary/aromatic N) is 2. The molecule has 0 radical (unpaired) electrons. The summed E-state index contributed by atoms with van der Waals surface area (Å²) in [6, 6.07) is 2.62. The van der Waals surface area contributed by atoms with Gasteiger partial charge in [-0.15, -0.1) is 0 Å². The number of anilines is 2. The lowest BCUT2D eigenvalue weighted by molar-refractivity contribution is -0.384. The maximum atomic E-state index is 11.1. The number of amides is 1. The van der Waals surface area contributed by atoms with Crippen LogP contribution in [0.15, 0.2) is 12.1 Å². The molecule has 8 nitrogen and oxygen atoms in total. The number of nitro groups is 1. The Bertz CT molecular complexity index is 449. The molecule has 0 aliphatic rings. The van der Waals surface area contributed by atoms with Gasteiger partial charge in [-0.1, -0.05) is 0 Å². The Balaban J connectivity index is 2.88. The van der Waals surface area contributed by atoms with Crippen molar-refractivity contribution in [1.29, 1.82) is 0 Å². The van der Waals surface area contributed by atoms with E-state index in [0.717, 1.165) is 0 Å². The Morgan fingerprint density at radius 2 is 2.00 bits per heavy atom. The van der Waals surface area contributed by atoms with E-state index < -0.39 is 4.92 Å². The molecule has 1 amide bonds. The van der Waals surface area contributed by atoms with E-state index in [0.29, 0.717) is 12.4 Å². The van der Waals surface area contributed by atoms with E-state index in [9.17, 15) is 14.9 Å². The summed E-state index contributed by atoms with van der Waals surface area (Å²) in [4.78, 5) is 25.4. The lowest BCUT2D eigenvalue weighted by Crippen LogP contribution is -2.26. The fourth-order valence-corrected chi connectivity index (χ4v) is 1.24. The van der Waals surface area contributed by atoms with Crippen LogP contribution in [0, 0.1) is 10.1 Å². The van der Waals surface area contributed by atoms with Crippen molar-refractivity contribution in [3.63, 3.8) is 0 Å². The standard InChI is InChI=1S/C10H15N5O3/c1-3-12-8-4-7(15(17)18)5-9(14-8)13-6-10(16)11-2/h4-5H,3,6H2,1-2H3,(H,11,16)(H2,12,13,14). The second-order valence-corrected chi connectivity index (χ2v) is 3.41. The number of pyridine rings is 1. The normalized spacial score (nSPS) is 9.67. The summed E-state index contributed by atoms with van der Waals surface area (Å²) in [5, 5.41) is 18.8. The Labute approximate surface area is 104 Å². The first-order valence-electron chi connectivity index (χ1n) is 5.41. The van der Waals surface area contributed by atoms with Crippen LogP contribution >= 0.6 is 0 Å². The summed E-state index contributed by atoms with van der Waals surface area (Å²) in [5.74, 6) is 0.447. The molecule has 18 heavy (non-hydrogen) atoms. The number of hydrogen-bond acceptors (Lipinski definition) is 6. The van der Waals surface area contributed by atoms with Gasteiger partial charge in [0, 0.05) is 13.6 Å². The number of likely N-dealkylation sites (N-methyl/N-ethyl adjacent to an activating group) is 1. The molecule has 0 atom stereocenters. The Morgan fingerprint density at radius 1 is 1.39 bits per heavy atom. The molecule has 1 aromatic heterocycles. The molecule has 0 bridgehead atoms. The smallest absolute Gasteiger partial charge is 0.276 e. The molecule has 1 aromatic rings. The largest absolute Gasteiger partial charge is 0.370 e. The van der Waals surface area contributed by atoms with Gasteiger partial charge in [0.15, 0.2) is 0 Å². The van der Waals surface area contributed by atoms with E-state index in [4.69, 9.17) is 0 Å². The van der Waals surface area contributed by atoms with Gasteiger partial charge in [0.25, 0.3) is 5.69 Å². The van der Waals surface area contributed by atoms with Gasteiger partial charge in [-0.05, 0) is 6.92 Å². The van der Waals surface area contributed by atoms with Crippen LogP contribution in [-0.4, -0.2) is 36.0 Å². The minimum atomic E-state index is -0.506. The Kier molecular flexibility index (Phi) is 4.85. The van der Waals surface area contributed by atoms with E-state index in [1.807, 2.05) is 6.92 Å². The quantitative estimate of drug-likeness (QED) is 0.505. The van der Waals surface area contributed by atoms with Crippen LogP contribution in [0.4, 0.5) is 17.3 Å². The third kappa shape index (κ3) is 3.89. The monoisotopic (exact) mass is 253 g/mol. The van der Waals surface area contributed by atoms with Crippen molar-refractivity contribution >= 4 is 23.2 Å². The van der Waals surface area contributed by atoms with Gasteiger partial charge in [0.1, 0.15) is 11.6 Å². The van der Waals surface area contributed by atoms with Gasteiger partial charge >= 0.3 is 0 Å². The fourth-order valence-electron chi connectivity index (χ4n) is 1.24. The third-order valence-electron chi connectivity index (χ3n) is 2.09. The van der Waals surface area contributed by atoms with Crippen molar-refractivity contribution in [1.82, 2.24) is 10.3 Å². The summed E-state index contributed by atoms with van der Waals surface area (Å²) >= 11 is 0. The molecule has 0 saturated heterocycles. The predicted molar refractivity (Wildman–Crippen MR) is 67.6 cm³/mol. The molecule has 1 heterocycles. The zero-order valence-corrected chi connectivity index (χ0v) is 10.2. The second-order valence-electron chi connectivity index (χ2n) is 3.41. The summed E-state index contributed by atoms with van der Waals surface area (Å²) < 4.78 is 0. The average Bonchev–Trinajstić information content (AvgIpc) is 2.36. The summed E-state index contributed by atoms with van der Waals surface area (Å²) in [5.41, 5.74) is -0.0830. The highest BCUT2D eigenvalue weighted by molar-refractivity contribution is 5.80. The van der Waals surface area contributed by atoms with Gasteiger partial charge in [-0.3, -0.25) is 14.9 Å². The number of hydrogen-bond donors (Lipinski definition) is 3. The van der Waals surface area contributed by atoms with Gasteiger partial charge in [0.05, 0.1) is 23.6 Å². The van der Waals surface area contributed by atoms with Gasteiger partial charge < -0.3 is 16.0 Å². The van der Waals surface area contributed by atoms with Crippen LogP contribution in [0.2, 0.25) is 0 Å². The first kappa shape index (κ1) is 13.7. The first-order chi connectivity index (χ1) is 8.56. The molecule has 98 valence electrons. The van der Waals surface area contributed by atoms with Crippen LogP contribution in [-0.2, 0) is 4.79 Å². The SMILES string of the molecule is CCNc1cc([N+](=O)[O-])cc(NCC(=O)NC)n1. The molecule has 0 unspecified atom stereocenters. The van der Waals surface area contributed by atoms with Gasteiger partial charge in [-0.25, -0.2) is 4.98 Å². The molecule has 3 N–H and O–H groups in total. The number of aromatic nitrogens is 1. The molecule has 0 aliphatic heterocycles. The van der Waals surface area contributed by atoms with Gasteiger partial charge in [0.2, 0.25) is 5.91 Å². The van der Waals surface area contributed by atoms with E-state index >= 15 is 0 Å². The third-order valence-corrected chi connectivity index (χ3v) is 2.09. The van der Waals surface area contributed by atoms with Crippen molar-refractivity contribution in [3.05, 3.63) is 22.2 Å². The van der Waals surface area contributed by atoms with Crippen molar-refractivity contribution in [3.8, 4) is 0 Å². The maximum absolute atomic E-state index is 11.1. The summed E-state index contributed by atoms with van der Waals surface area (Å²) in [7, 11) is 1.51. The minimum Gasteiger partial charge on any atom is -0.370 e. The van der Waals surface area contributed by atoms with Crippen molar-refractivity contribution < 1.29 is 9.72 Å². The number of carbonyl (C=O) groups excluding carboxylic acids is 1. The van der Waals surface area contributed by atoms with Crippen molar-refractivity contribution in [2.45, 2.75) is 6.92 Å². The first-order valence-corrected chi connectivity index (χ1v) is 5.41. The van der Waals surface area contributed by atoms with E-state index in [2.05, 4.69) is 20.9 Å². The van der Waals surface area contributed by atoms with E-state index in [1.165, 1.54) is 19.2 Å². The Hall–Kier alpha value is -2.38.